The third kappa shape index (κ3) is 6.19. The van der Waals surface area contributed by atoms with Gasteiger partial charge < -0.3 is 4.74 Å². The molecule has 3 N–H and O–H groups in total. The summed E-state index contributed by atoms with van der Waals surface area (Å²) in [7, 11) is 0. The molecule has 21 heavy (non-hydrogen) atoms. The minimum absolute atomic E-state index is 0.00143. The lowest BCUT2D eigenvalue weighted by atomic mass is 10.1. The highest BCUT2D eigenvalue weighted by Crippen LogP contribution is 2.17. The van der Waals surface area contributed by atoms with E-state index < -0.39 is 0 Å². The summed E-state index contributed by atoms with van der Waals surface area (Å²) in [6, 6.07) is 5.20. The van der Waals surface area contributed by atoms with Gasteiger partial charge in [0.05, 0.1) is 0 Å². The van der Waals surface area contributed by atoms with E-state index in [9.17, 15) is 9.59 Å². The van der Waals surface area contributed by atoms with Crippen molar-refractivity contribution in [1.29, 1.82) is 0 Å². The van der Waals surface area contributed by atoms with Crippen LogP contribution in [0, 0.1) is 6.92 Å². The lowest BCUT2D eigenvalue weighted by molar-refractivity contribution is -0.126. The maximum absolute atomic E-state index is 11.9. The van der Waals surface area contributed by atoms with Crippen molar-refractivity contribution in [2.45, 2.75) is 13.8 Å². The van der Waals surface area contributed by atoms with Gasteiger partial charge in [-0.1, -0.05) is 22.0 Å². The van der Waals surface area contributed by atoms with Gasteiger partial charge in [-0.3, -0.25) is 25.8 Å². The Hall–Kier alpha value is -1.51. The van der Waals surface area contributed by atoms with Crippen molar-refractivity contribution in [1.82, 2.24) is 16.2 Å². The van der Waals surface area contributed by atoms with Gasteiger partial charge in [-0.2, -0.15) is 0 Å². The monoisotopic (exact) mass is 373 g/mol. The molecule has 0 saturated carbocycles. The van der Waals surface area contributed by atoms with Crippen LogP contribution in [0.2, 0.25) is 0 Å². The molecule has 1 rings (SSSR count). The molecule has 0 aliphatic rings. The first kappa shape index (κ1) is 17.5. The summed E-state index contributed by atoms with van der Waals surface area (Å²) in [4.78, 5) is 23.2. The van der Waals surface area contributed by atoms with Crippen molar-refractivity contribution in [3.05, 3.63) is 33.8 Å². The number of rotatable bonds is 4. The second kappa shape index (κ2) is 8.71. The largest absolute Gasteiger partial charge is 0.372 e. The smallest absolute Gasteiger partial charge is 0.264 e. The summed E-state index contributed by atoms with van der Waals surface area (Å²) < 4.78 is 5.75. The van der Waals surface area contributed by atoms with E-state index in [1.165, 1.54) is 0 Å². The molecule has 6 nitrogen and oxygen atoms in total. The Morgan fingerprint density at radius 2 is 2.05 bits per heavy atom. The van der Waals surface area contributed by atoms with Gasteiger partial charge in [0, 0.05) is 16.6 Å². The van der Waals surface area contributed by atoms with E-state index in [-0.39, 0.29) is 23.5 Å². The maximum atomic E-state index is 11.9. The molecule has 0 fully saturated rings. The molecule has 0 aliphatic heterocycles. The molecule has 1 aromatic carbocycles. The van der Waals surface area contributed by atoms with E-state index in [0.717, 1.165) is 10.0 Å². The van der Waals surface area contributed by atoms with Crippen LogP contribution in [-0.4, -0.2) is 30.1 Å². The number of halogens is 1. The lowest BCUT2D eigenvalue weighted by Gasteiger charge is -2.11. The average molecular weight is 374 g/mol. The van der Waals surface area contributed by atoms with Gasteiger partial charge in [0.2, 0.25) is 0 Å². The Bertz CT molecular complexity index is 551. The van der Waals surface area contributed by atoms with Gasteiger partial charge in [-0.15, -0.1) is 0 Å². The fourth-order valence-corrected chi connectivity index (χ4v) is 1.82. The number of hydrazine groups is 1. The summed E-state index contributed by atoms with van der Waals surface area (Å²) in [5, 5.41) is 2.46. The molecule has 1 aromatic rings. The van der Waals surface area contributed by atoms with E-state index in [4.69, 9.17) is 17.0 Å². The van der Waals surface area contributed by atoms with Crippen LogP contribution in [0.4, 0.5) is 0 Å². The van der Waals surface area contributed by atoms with E-state index in [1.54, 1.807) is 19.1 Å². The average Bonchev–Trinajstić information content (AvgIpc) is 2.45. The zero-order valence-corrected chi connectivity index (χ0v) is 14.1. The normalized spacial score (nSPS) is 9.86. The minimum Gasteiger partial charge on any atom is -0.372 e. The fraction of sp³-hybridized carbons (Fsp3) is 0.308. The summed E-state index contributed by atoms with van der Waals surface area (Å²) in [5.74, 6) is -0.751. The molecule has 0 unspecified atom stereocenters. The third-order valence-electron chi connectivity index (χ3n) is 2.41. The Balaban J connectivity index is 2.45. The van der Waals surface area contributed by atoms with Crippen molar-refractivity contribution in [2.75, 3.05) is 13.2 Å². The predicted octanol–water partition coefficient (Wildman–Crippen LogP) is 1.43. The number of ether oxygens (including phenoxy) is 1. The van der Waals surface area contributed by atoms with Crippen LogP contribution >= 0.6 is 28.1 Å². The molecule has 0 aromatic heterocycles. The van der Waals surface area contributed by atoms with Crippen molar-refractivity contribution in [2.24, 2.45) is 0 Å². The number of carbonyl (C=O) groups is 2. The molecule has 0 saturated heterocycles. The Morgan fingerprint density at radius 3 is 2.67 bits per heavy atom. The molecule has 0 atom stereocenters. The van der Waals surface area contributed by atoms with Crippen LogP contribution in [0.5, 0.6) is 0 Å². The number of thiocarbonyl (C=S) groups is 1. The Labute approximate surface area is 136 Å². The number of aryl methyl sites for hydroxylation is 1. The molecule has 114 valence electrons. The molecule has 0 bridgehead atoms. The van der Waals surface area contributed by atoms with Crippen molar-refractivity contribution < 1.29 is 14.3 Å². The first-order valence-electron chi connectivity index (χ1n) is 6.18. The lowest BCUT2D eigenvalue weighted by Crippen LogP contribution is -2.49. The zero-order chi connectivity index (χ0) is 15.8. The standard InChI is InChI=1S/C13H16BrN3O3S/c1-3-20-7-11(18)16-17-13(21)15-12(19)9-5-4-8(2)10(14)6-9/h4-6H,3,7H2,1-2H3,(H,16,18)(H2,15,17,19,21). The minimum atomic E-state index is -0.383. The second-order valence-electron chi connectivity index (χ2n) is 4.06. The summed E-state index contributed by atoms with van der Waals surface area (Å²) in [6.45, 7) is 4.07. The highest BCUT2D eigenvalue weighted by molar-refractivity contribution is 9.10. The van der Waals surface area contributed by atoms with Gasteiger partial charge in [0.1, 0.15) is 6.61 Å². The van der Waals surface area contributed by atoms with Crippen LogP contribution in [-0.2, 0) is 9.53 Å². The Morgan fingerprint density at radius 1 is 1.33 bits per heavy atom. The number of hydrogen-bond donors (Lipinski definition) is 3. The van der Waals surface area contributed by atoms with Gasteiger partial charge in [0.15, 0.2) is 5.11 Å². The van der Waals surface area contributed by atoms with Gasteiger partial charge in [-0.25, -0.2) is 0 Å². The van der Waals surface area contributed by atoms with Crippen molar-refractivity contribution >= 4 is 45.1 Å². The van der Waals surface area contributed by atoms with Gasteiger partial charge in [0.25, 0.3) is 11.8 Å². The highest BCUT2D eigenvalue weighted by atomic mass is 79.9. The quantitative estimate of drug-likeness (QED) is 0.549. The van der Waals surface area contributed by atoms with Crippen LogP contribution in [0.3, 0.4) is 0 Å². The molecule has 0 heterocycles. The van der Waals surface area contributed by atoms with Crippen LogP contribution in [0.25, 0.3) is 0 Å². The van der Waals surface area contributed by atoms with Crippen molar-refractivity contribution in [3.8, 4) is 0 Å². The second-order valence-corrected chi connectivity index (χ2v) is 5.32. The molecular formula is C13H16BrN3O3S. The zero-order valence-electron chi connectivity index (χ0n) is 11.7. The molecule has 0 aliphatic carbocycles. The van der Waals surface area contributed by atoms with E-state index in [1.807, 2.05) is 13.0 Å². The van der Waals surface area contributed by atoms with Gasteiger partial charge >= 0.3 is 0 Å². The van der Waals surface area contributed by atoms with Crippen LogP contribution < -0.4 is 16.2 Å². The maximum Gasteiger partial charge on any atom is 0.264 e. The molecule has 0 radical (unpaired) electrons. The highest BCUT2D eigenvalue weighted by Gasteiger charge is 2.09. The Kier molecular flexibility index (Phi) is 7.27. The first-order chi connectivity index (χ1) is 9.93. The molecule has 0 spiro atoms. The van der Waals surface area contributed by atoms with Crippen LogP contribution in [0.15, 0.2) is 22.7 Å². The number of benzene rings is 1. The summed E-state index contributed by atoms with van der Waals surface area (Å²) in [6.07, 6.45) is 0. The van der Waals surface area contributed by atoms with Crippen LogP contribution in [0.1, 0.15) is 22.8 Å². The number of hydrogen-bond acceptors (Lipinski definition) is 4. The molecular weight excluding hydrogens is 358 g/mol. The first-order valence-corrected chi connectivity index (χ1v) is 7.38. The number of carbonyl (C=O) groups excluding carboxylic acids is 2. The number of amides is 2. The third-order valence-corrected chi connectivity index (χ3v) is 3.47. The molecule has 2 amide bonds. The molecule has 8 heteroatoms. The predicted molar refractivity (Wildman–Crippen MR) is 86.7 cm³/mol. The fourth-order valence-electron chi connectivity index (χ4n) is 1.30. The van der Waals surface area contributed by atoms with Crippen molar-refractivity contribution in [3.63, 3.8) is 0 Å². The van der Waals surface area contributed by atoms with E-state index >= 15 is 0 Å². The van der Waals surface area contributed by atoms with Gasteiger partial charge in [-0.05, 0) is 43.8 Å². The van der Waals surface area contributed by atoms with E-state index in [0.29, 0.717) is 12.2 Å². The number of nitrogens with one attached hydrogen (secondary N) is 3. The summed E-state index contributed by atoms with van der Waals surface area (Å²) in [5.41, 5.74) is 6.22. The summed E-state index contributed by atoms with van der Waals surface area (Å²) >= 11 is 8.26. The van der Waals surface area contributed by atoms with E-state index in [2.05, 4.69) is 32.1 Å². The topological polar surface area (TPSA) is 79.5 Å². The SMILES string of the molecule is CCOCC(=O)NNC(=S)NC(=O)c1ccc(C)c(Br)c1.